The maximum Gasteiger partial charge on any atom is 0.264 e. The SMILES string of the molecule is COc1ccc(S(=O)(=O)N(CC(=O)N(Cc2ccc(C)cc2)[C@@H](C)C(=O)NC(C)C)c2ccccc2OC)cc1. The molecule has 0 heterocycles. The standard InChI is InChI=1S/C30H37N3O6S/c1-21(2)31-30(35)23(4)32(19-24-13-11-22(3)12-14-24)29(34)20-33(27-9-7-8-10-28(27)39-6)40(36,37)26-17-15-25(38-5)16-18-26/h7-18,21,23H,19-20H2,1-6H3,(H,31,35)/t23-/m0/s1. The zero-order chi connectivity index (χ0) is 29.4. The number of amides is 2. The van der Waals surface area contributed by atoms with E-state index in [9.17, 15) is 18.0 Å². The third-order valence-corrected chi connectivity index (χ3v) is 8.13. The molecule has 2 amide bonds. The van der Waals surface area contributed by atoms with Gasteiger partial charge in [-0.2, -0.15) is 0 Å². The minimum absolute atomic E-state index is 0.0253. The number of hydrogen-bond acceptors (Lipinski definition) is 6. The molecule has 0 aliphatic rings. The number of carbonyl (C=O) groups excluding carboxylic acids is 2. The zero-order valence-electron chi connectivity index (χ0n) is 23.7. The lowest BCUT2D eigenvalue weighted by atomic mass is 10.1. The largest absolute Gasteiger partial charge is 0.497 e. The molecule has 0 aromatic heterocycles. The molecule has 0 unspecified atom stereocenters. The Bertz CT molecular complexity index is 1410. The molecule has 0 saturated heterocycles. The molecule has 0 radical (unpaired) electrons. The number of carbonyl (C=O) groups is 2. The van der Waals surface area contributed by atoms with E-state index in [4.69, 9.17) is 9.47 Å². The fraction of sp³-hybridized carbons (Fsp3) is 0.333. The molecule has 10 heteroatoms. The van der Waals surface area contributed by atoms with E-state index in [1.807, 2.05) is 45.0 Å². The van der Waals surface area contributed by atoms with Gasteiger partial charge in [0.1, 0.15) is 24.1 Å². The van der Waals surface area contributed by atoms with Crippen molar-refractivity contribution >= 4 is 27.5 Å². The molecule has 0 aliphatic heterocycles. The Balaban J connectivity index is 2.06. The Morgan fingerprint density at radius 2 is 1.50 bits per heavy atom. The van der Waals surface area contributed by atoms with Crippen LogP contribution in [0, 0.1) is 6.92 Å². The minimum Gasteiger partial charge on any atom is -0.497 e. The Kier molecular flexibility index (Phi) is 10.2. The van der Waals surface area contributed by atoms with E-state index in [0.717, 1.165) is 15.4 Å². The summed E-state index contributed by atoms with van der Waals surface area (Å²) in [5.74, 6) is -0.108. The van der Waals surface area contributed by atoms with Gasteiger partial charge in [-0.3, -0.25) is 13.9 Å². The number of methoxy groups -OCH3 is 2. The van der Waals surface area contributed by atoms with Gasteiger partial charge in [-0.1, -0.05) is 42.0 Å². The average molecular weight is 568 g/mol. The van der Waals surface area contributed by atoms with E-state index in [2.05, 4.69) is 5.32 Å². The number of rotatable bonds is 12. The first-order chi connectivity index (χ1) is 19.0. The maximum atomic E-state index is 14.0. The number of aryl methyl sites for hydroxylation is 1. The Hall–Kier alpha value is -4.05. The third-order valence-electron chi connectivity index (χ3n) is 6.35. The van der Waals surface area contributed by atoms with Gasteiger partial charge in [-0.05, 0) is 69.7 Å². The number of para-hydroxylation sites is 2. The molecule has 0 aliphatic carbocycles. The van der Waals surface area contributed by atoms with Gasteiger partial charge in [0, 0.05) is 12.6 Å². The van der Waals surface area contributed by atoms with Crippen LogP contribution in [0.25, 0.3) is 0 Å². The number of ether oxygens (including phenoxy) is 2. The molecule has 214 valence electrons. The molecule has 1 N–H and O–H groups in total. The van der Waals surface area contributed by atoms with Crippen LogP contribution in [0.4, 0.5) is 5.69 Å². The molecule has 0 saturated carbocycles. The van der Waals surface area contributed by atoms with Crippen molar-refractivity contribution in [2.45, 2.75) is 51.2 Å². The second-order valence-electron chi connectivity index (χ2n) is 9.71. The Morgan fingerprint density at radius 3 is 2.08 bits per heavy atom. The first-order valence-electron chi connectivity index (χ1n) is 12.9. The number of benzene rings is 3. The predicted molar refractivity (Wildman–Crippen MR) is 155 cm³/mol. The van der Waals surface area contributed by atoms with Crippen LogP contribution in [0.3, 0.4) is 0 Å². The van der Waals surface area contributed by atoms with Gasteiger partial charge in [0.25, 0.3) is 10.0 Å². The molecule has 3 rings (SSSR count). The van der Waals surface area contributed by atoms with Crippen LogP contribution in [0.2, 0.25) is 0 Å². The topological polar surface area (TPSA) is 105 Å². The summed E-state index contributed by atoms with van der Waals surface area (Å²) >= 11 is 0. The van der Waals surface area contributed by atoms with Crippen molar-refractivity contribution in [1.29, 1.82) is 0 Å². The maximum absolute atomic E-state index is 14.0. The van der Waals surface area contributed by atoms with Crippen molar-refractivity contribution in [1.82, 2.24) is 10.2 Å². The van der Waals surface area contributed by atoms with E-state index in [0.29, 0.717) is 5.75 Å². The molecule has 1 atom stereocenters. The van der Waals surface area contributed by atoms with Gasteiger partial charge >= 0.3 is 0 Å². The summed E-state index contributed by atoms with van der Waals surface area (Å²) in [7, 11) is -1.31. The number of anilines is 1. The highest BCUT2D eigenvalue weighted by Crippen LogP contribution is 2.33. The lowest BCUT2D eigenvalue weighted by Gasteiger charge is -2.32. The van der Waals surface area contributed by atoms with Gasteiger partial charge in [-0.25, -0.2) is 8.42 Å². The van der Waals surface area contributed by atoms with Crippen molar-refractivity contribution in [3.8, 4) is 11.5 Å². The first kappa shape index (κ1) is 30.5. The van der Waals surface area contributed by atoms with Crippen molar-refractivity contribution in [2.75, 3.05) is 25.1 Å². The fourth-order valence-corrected chi connectivity index (χ4v) is 5.53. The van der Waals surface area contributed by atoms with Crippen molar-refractivity contribution in [2.24, 2.45) is 0 Å². The second-order valence-corrected chi connectivity index (χ2v) is 11.6. The highest BCUT2D eigenvalue weighted by atomic mass is 32.2. The summed E-state index contributed by atoms with van der Waals surface area (Å²) in [5, 5.41) is 2.85. The van der Waals surface area contributed by atoms with Crippen LogP contribution in [-0.2, 0) is 26.2 Å². The summed E-state index contributed by atoms with van der Waals surface area (Å²) in [6.45, 7) is 6.83. The highest BCUT2D eigenvalue weighted by Gasteiger charge is 2.33. The fourth-order valence-electron chi connectivity index (χ4n) is 4.10. The van der Waals surface area contributed by atoms with Crippen LogP contribution in [-0.4, -0.2) is 58.0 Å². The molecule has 40 heavy (non-hydrogen) atoms. The number of sulfonamides is 1. The normalized spacial score (nSPS) is 12.0. The molecular weight excluding hydrogens is 530 g/mol. The van der Waals surface area contributed by atoms with Crippen molar-refractivity contribution in [3.05, 3.63) is 83.9 Å². The monoisotopic (exact) mass is 567 g/mol. The van der Waals surface area contributed by atoms with Crippen LogP contribution < -0.4 is 19.1 Å². The lowest BCUT2D eigenvalue weighted by Crippen LogP contribution is -2.52. The van der Waals surface area contributed by atoms with Gasteiger partial charge in [0.15, 0.2) is 0 Å². The van der Waals surface area contributed by atoms with E-state index in [-0.39, 0.29) is 34.8 Å². The quantitative estimate of drug-likeness (QED) is 0.353. The smallest absolute Gasteiger partial charge is 0.264 e. The van der Waals surface area contributed by atoms with Gasteiger partial charge in [0.05, 0.1) is 24.8 Å². The summed E-state index contributed by atoms with van der Waals surface area (Å²) in [6, 6.07) is 19.1. The number of nitrogens with zero attached hydrogens (tertiary/aromatic N) is 2. The molecular formula is C30H37N3O6S. The zero-order valence-corrected chi connectivity index (χ0v) is 24.6. The minimum atomic E-state index is -4.23. The van der Waals surface area contributed by atoms with Crippen LogP contribution in [0.15, 0.2) is 77.7 Å². The van der Waals surface area contributed by atoms with Gasteiger partial charge in [0.2, 0.25) is 11.8 Å². The van der Waals surface area contributed by atoms with Gasteiger partial charge < -0.3 is 19.7 Å². The van der Waals surface area contributed by atoms with E-state index in [1.165, 1.54) is 43.4 Å². The lowest BCUT2D eigenvalue weighted by molar-refractivity contribution is -0.139. The van der Waals surface area contributed by atoms with E-state index in [1.54, 1.807) is 31.2 Å². The predicted octanol–water partition coefficient (Wildman–Crippen LogP) is 4.15. The molecule has 0 spiro atoms. The molecule has 3 aromatic rings. The Morgan fingerprint density at radius 1 is 0.875 bits per heavy atom. The average Bonchev–Trinajstić information content (AvgIpc) is 2.94. The van der Waals surface area contributed by atoms with E-state index < -0.39 is 28.5 Å². The van der Waals surface area contributed by atoms with E-state index >= 15 is 0 Å². The van der Waals surface area contributed by atoms with Gasteiger partial charge in [-0.15, -0.1) is 0 Å². The summed E-state index contributed by atoms with van der Waals surface area (Å²) in [5.41, 5.74) is 2.06. The van der Waals surface area contributed by atoms with Crippen LogP contribution in [0.1, 0.15) is 31.9 Å². The summed E-state index contributed by atoms with van der Waals surface area (Å²) in [6.07, 6.45) is 0. The molecule has 0 fully saturated rings. The van der Waals surface area contributed by atoms with Crippen LogP contribution >= 0.6 is 0 Å². The molecule has 9 nitrogen and oxygen atoms in total. The van der Waals surface area contributed by atoms with Crippen molar-refractivity contribution in [3.63, 3.8) is 0 Å². The highest BCUT2D eigenvalue weighted by molar-refractivity contribution is 7.92. The third kappa shape index (κ3) is 7.32. The number of nitrogens with one attached hydrogen (secondary N) is 1. The summed E-state index contributed by atoms with van der Waals surface area (Å²) < 4.78 is 39.6. The first-order valence-corrected chi connectivity index (χ1v) is 14.4. The summed E-state index contributed by atoms with van der Waals surface area (Å²) in [4.78, 5) is 28.4. The van der Waals surface area contributed by atoms with Crippen LogP contribution in [0.5, 0.6) is 11.5 Å². The number of hydrogen-bond donors (Lipinski definition) is 1. The second kappa shape index (κ2) is 13.3. The molecule has 0 bridgehead atoms. The Labute approximate surface area is 236 Å². The van der Waals surface area contributed by atoms with Crippen molar-refractivity contribution < 1.29 is 27.5 Å². The molecule has 3 aromatic carbocycles.